The third-order valence-corrected chi connectivity index (χ3v) is 5.30. The Morgan fingerprint density at radius 2 is 1.94 bits per heavy atom. The van der Waals surface area contributed by atoms with E-state index in [1.165, 1.54) is 10.4 Å². The molecule has 0 bridgehead atoms. The van der Waals surface area contributed by atoms with Gasteiger partial charge in [0.25, 0.3) is 0 Å². The Morgan fingerprint density at radius 3 is 2.50 bits per heavy atom. The fourth-order valence-corrected chi connectivity index (χ4v) is 3.76. The van der Waals surface area contributed by atoms with Crippen LogP contribution in [0.4, 0.5) is 4.39 Å². The van der Waals surface area contributed by atoms with Crippen molar-refractivity contribution in [3.8, 4) is 0 Å². The molecule has 0 aliphatic carbocycles. The summed E-state index contributed by atoms with van der Waals surface area (Å²) in [5.74, 6) is -0.752. The minimum absolute atomic E-state index is 0.000880. The van der Waals surface area contributed by atoms with Crippen molar-refractivity contribution in [2.24, 2.45) is 5.73 Å². The van der Waals surface area contributed by atoms with E-state index in [0.717, 1.165) is 18.9 Å². The molecule has 2 N–H and O–H groups in total. The second-order valence-electron chi connectivity index (χ2n) is 4.19. The van der Waals surface area contributed by atoms with Gasteiger partial charge in [0, 0.05) is 19.6 Å². The number of sulfonamides is 1. The minimum Gasteiger partial charge on any atom is -0.326 e. The van der Waals surface area contributed by atoms with Crippen molar-refractivity contribution >= 4 is 21.6 Å². The van der Waals surface area contributed by atoms with Gasteiger partial charge in [0.2, 0.25) is 10.0 Å². The Bertz CT molecular complexity index is 556. The molecule has 1 saturated heterocycles. The molecular weight excluding hydrogens is 279 g/mol. The summed E-state index contributed by atoms with van der Waals surface area (Å²) in [5.41, 5.74) is 5.73. The smallest absolute Gasteiger partial charge is 0.243 e. The van der Waals surface area contributed by atoms with Crippen molar-refractivity contribution in [2.75, 3.05) is 13.1 Å². The molecule has 1 aliphatic rings. The number of nitrogens with two attached hydrogens (primary N) is 1. The molecule has 100 valence electrons. The molecule has 7 heteroatoms. The van der Waals surface area contributed by atoms with Crippen LogP contribution in [0.3, 0.4) is 0 Å². The molecule has 1 heterocycles. The molecule has 0 spiro atoms. The van der Waals surface area contributed by atoms with Crippen LogP contribution in [-0.4, -0.2) is 25.8 Å². The van der Waals surface area contributed by atoms with Gasteiger partial charge in [-0.3, -0.25) is 0 Å². The largest absolute Gasteiger partial charge is 0.326 e. The van der Waals surface area contributed by atoms with Crippen LogP contribution in [0, 0.1) is 5.82 Å². The van der Waals surface area contributed by atoms with E-state index in [-0.39, 0.29) is 16.5 Å². The lowest BCUT2D eigenvalue weighted by atomic mass is 10.2. The lowest BCUT2D eigenvalue weighted by Gasteiger charge is -2.16. The van der Waals surface area contributed by atoms with Crippen molar-refractivity contribution in [1.82, 2.24) is 4.31 Å². The normalized spacial score (nSPS) is 17.3. The second-order valence-corrected chi connectivity index (χ2v) is 6.51. The van der Waals surface area contributed by atoms with Crippen molar-refractivity contribution in [3.05, 3.63) is 28.5 Å². The molecule has 0 atom stereocenters. The van der Waals surface area contributed by atoms with Gasteiger partial charge in [-0.25, -0.2) is 12.8 Å². The zero-order valence-electron chi connectivity index (χ0n) is 9.70. The van der Waals surface area contributed by atoms with Gasteiger partial charge in [-0.1, -0.05) is 11.6 Å². The van der Waals surface area contributed by atoms with Gasteiger partial charge in [-0.2, -0.15) is 4.31 Å². The van der Waals surface area contributed by atoms with Crippen LogP contribution < -0.4 is 5.73 Å². The standard InChI is InChI=1S/C11H14ClFN2O2S/c12-11-8(7-14)5-9(6-10(11)13)18(16,17)15-3-1-2-4-15/h5-6H,1-4,7,14H2. The van der Waals surface area contributed by atoms with Crippen LogP contribution in [-0.2, 0) is 16.6 Å². The maximum atomic E-state index is 13.6. The van der Waals surface area contributed by atoms with Gasteiger partial charge >= 0.3 is 0 Å². The Kier molecular flexibility index (Phi) is 3.91. The van der Waals surface area contributed by atoms with Crippen LogP contribution in [0.5, 0.6) is 0 Å². The molecule has 2 rings (SSSR count). The van der Waals surface area contributed by atoms with E-state index >= 15 is 0 Å². The summed E-state index contributed by atoms with van der Waals surface area (Å²) in [6.07, 6.45) is 1.66. The average Bonchev–Trinajstić information content (AvgIpc) is 2.86. The zero-order valence-corrected chi connectivity index (χ0v) is 11.3. The summed E-state index contributed by atoms with van der Waals surface area (Å²) in [4.78, 5) is -0.0771. The van der Waals surface area contributed by atoms with Crippen LogP contribution in [0.1, 0.15) is 18.4 Å². The van der Waals surface area contributed by atoms with Gasteiger partial charge < -0.3 is 5.73 Å². The van der Waals surface area contributed by atoms with Gasteiger partial charge in [0.1, 0.15) is 5.82 Å². The van der Waals surface area contributed by atoms with Crippen LogP contribution in [0.15, 0.2) is 17.0 Å². The molecule has 4 nitrogen and oxygen atoms in total. The fraction of sp³-hybridized carbons (Fsp3) is 0.455. The van der Waals surface area contributed by atoms with E-state index in [1.807, 2.05) is 0 Å². The summed E-state index contributed by atoms with van der Waals surface area (Å²) in [5, 5.41) is -0.113. The molecule has 1 aromatic carbocycles. The number of hydrogen-bond donors (Lipinski definition) is 1. The lowest BCUT2D eigenvalue weighted by Crippen LogP contribution is -2.28. The van der Waals surface area contributed by atoms with Gasteiger partial charge in [0.15, 0.2) is 0 Å². The second kappa shape index (κ2) is 5.13. The Balaban J connectivity index is 2.47. The van der Waals surface area contributed by atoms with Crippen molar-refractivity contribution in [2.45, 2.75) is 24.3 Å². The Hall–Kier alpha value is -0.690. The molecule has 0 aromatic heterocycles. The van der Waals surface area contributed by atoms with Crippen LogP contribution >= 0.6 is 11.6 Å². The highest BCUT2D eigenvalue weighted by molar-refractivity contribution is 7.89. The summed E-state index contributed by atoms with van der Waals surface area (Å²) in [7, 11) is -3.63. The predicted molar refractivity (Wildman–Crippen MR) is 67.3 cm³/mol. The highest BCUT2D eigenvalue weighted by Gasteiger charge is 2.28. The monoisotopic (exact) mass is 292 g/mol. The highest BCUT2D eigenvalue weighted by atomic mass is 35.5. The van der Waals surface area contributed by atoms with Gasteiger partial charge in [0.05, 0.1) is 9.92 Å². The van der Waals surface area contributed by atoms with E-state index < -0.39 is 15.8 Å². The van der Waals surface area contributed by atoms with Gasteiger partial charge in [-0.15, -0.1) is 0 Å². The number of rotatable bonds is 3. The van der Waals surface area contributed by atoms with E-state index in [2.05, 4.69) is 0 Å². The number of hydrogen-bond acceptors (Lipinski definition) is 3. The van der Waals surface area contributed by atoms with Crippen LogP contribution in [0.2, 0.25) is 5.02 Å². The van der Waals surface area contributed by atoms with Gasteiger partial charge in [-0.05, 0) is 30.5 Å². The molecule has 0 amide bonds. The Morgan fingerprint density at radius 1 is 1.33 bits per heavy atom. The fourth-order valence-electron chi connectivity index (χ4n) is 1.99. The van der Waals surface area contributed by atoms with E-state index in [0.29, 0.717) is 18.7 Å². The van der Waals surface area contributed by atoms with E-state index in [1.54, 1.807) is 0 Å². The SMILES string of the molecule is NCc1cc(S(=O)(=O)N2CCCC2)cc(F)c1Cl. The third kappa shape index (κ3) is 2.38. The summed E-state index contributed by atoms with van der Waals surface area (Å²) < 4.78 is 39.4. The van der Waals surface area contributed by atoms with Crippen molar-refractivity contribution < 1.29 is 12.8 Å². The Labute approximate surface area is 111 Å². The predicted octanol–water partition coefficient (Wildman–Crippen LogP) is 1.72. The first-order chi connectivity index (χ1) is 8.46. The maximum Gasteiger partial charge on any atom is 0.243 e. The van der Waals surface area contributed by atoms with Crippen LogP contribution in [0.25, 0.3) is 0 Å². The quantitative estimate of drug-likeness (QED) is 0.923. The molecule has 18 heavy (non-hydrogen) atoms. The molecule has 1 aliphatic heterocycles. The maximum absolute atomic E-state index is 13.6. The minimum atomic E-state index is -3.63. The van der Waals surface area contributed by atoms with Crippen molar-refractivity contribution in [3.63, 3.8) is 0 Å². The zero-order chi connectivity index (χ0) is 13.3. The molecule has 1 fully saturated rings. The average molecular weight is 293 g/mol. The van der Waals surface area contributed by atoms with E-state index in [9.17, 15) is 12.8 Å². The van der Waals surface area contributed by atoms with E-state index in [4.69, 9.17) is 17.3 Å². The molecule has 0 saturated carbocycles. The number of benzene rings is 1. The summed E-state index contributed by atoms with van der Waals surface area (Å²) >= 11 is 5.71. The molecule has 1 aromatic rings. The highest BCUT2D eigenvalue weighted by Crippen LogP contribution is 2.27. The summed E-state index contributed by atoms with van der Waals surface area (Å²) in [6, 6.07) is 2.30. The third-order valence-electron chi connectivity index (χ3n) is 3.00. The number of halogens is 2. The molecule has 0 radical (unpaired) electrons. The topological polar surface area (TPSA) is 63.4 Å². The van der Waals surface area contributed by atoms with Crippen molar-refractivity contribution in [1.29, 1.82) is 0 Å². The molecule has 0 unspecified atom stereocenters. The number of nitrogens with zero attached hydrogens (tertiary/aromatic N) is 1. The lowest BCUT2D eigenvalue weighted by molar-refractivity contribution is 0.476. The first-order valence-corrected chi connectivity index (χ1v) is 7.46. The first kappa shape index (κ1) is 13.7. The molecular formula is C11H14ClFN2O2S. The first-order valence-electron chi connectivity index (χ1n) is 5.65. The summed E-state index contributed by atoms with van der Waals surface area (Å²) in [6.45, 7) is 0.953.